The van der Waals surface area contributed by atoms with E-state index in [1.165, 1.54) is 0 Å². The molecule has 2 heteroatoms. The Morgan fingerprint density at radius 3 is 2.75 bits per heavy atom. The van der Waals surface area contributed by atoms with Crippen molar-refractivity contribution in [2.75, 3.05) is 0 Å². The van der Waals surface area contributed by atoms with Gasteiger partial charge < -0.3 is 4.74 Å². The maximum absolute atomic E-state index is 11.0. The van der Waals surface area contributed by atoms with Crippen LogP contribution in [-0.4, -0.2) is 12.1 Å². The van der Waals surface area contributed by atoms with Crippen LogP contribution in [0.2, 0.25) is 0 Å². The largest absolute Gasteiger partial charge is 0.462 e. The molecule has 2 atom stereocenters. The lowest BCUT2D eigenvalue weighted by molar-refractivity contribution is -0.157. The van der Waals surface area contributed by atoms with Crippen molar-refractivity contribution < 1.29 is 9.53 Å². The van der Waals surface area contributed by atoms with Gasteiger partial charge in [-0.3, -0.25) is 4.79 Å². The van der Waals surface area contributed by atoms with Crippen LogP contribution in [0.1, 0.15) is 40.0 Å². The molecule has 1 aliphatic rings. The second-order valence-electron chi connectivity index (χ2n) is 4.29. The zero-order valence-corrected chi connectivity index (χ0v) is 8.17. The predicted octanol–water partition coefficient (Wildman–Crippen LogP) is 2.37. The van der Waals surface area contributed by atoms with E-state index in [1.54, 1.807) is 0 Å². The Kier molecular flexibility index (Phi) is 3.12. The molecule has 1 fully saturated rings. The number of carbonyl (C=O) groups excluding carboxylic acids is 1. The summed E-state index contributed by atoms with van der Waals surface area (Å²) < 4.78 is 5.23. The van der Waals surface area contributed by atoms with E-state index in [2.05, 4.69) is 20.8 Å². The lowest BCUT2D eigenvalue weighted by Gasteiger charge is -2.27. The molecule has 70 valence electrons. The Bertz CT molecular complexity index is 161. The third-order valence-electron chi connectivity index (χ3n) is 2.21. The zero-order valence-electron chi connectivity index (χ0n) is 8.17. The summed E-state index contributed by atoms with van der Waals surface area (Å²) in [7, 11) is 0. The third-order valence-corrected chi connectivity index (χ3v) is 2.21. The average molecular weight is 170 g/mol. The zero-order chi connectivity index (χ0) is 9.14. The number of hydrogen-bond donors (Lipinski definition) is 0. The molecule has 0 aliphatic carbocycles. The molecule has 0 spiro atoms. The second-order valence-corrected chi connectivity index (χ2v) is 4.29. The fraction of sp³-hybridized carbons (Fsp3) is 0.900. The molecule has 0 aromatic rings. The molecular formula is C10H18O2. The summed E-state index contributed by atoms with van der Waals surface area (Å²) in [5.74, 6) is 1.11. The van der Waals surface area contributed by atoms with Crippen LogP contribution in [0.5, 0.6) is 0 Å². The molecule has 0 unspecified atom stereocenters. The first kappa shape index (κ1) is 9.56. The average Bonchev–Trinajstić information content (AvgIpc) is 1.81. The van der Waals surface area contributed by atoms with E-state index in [0.717, 1.165) is 12.8 Å². The Morgan fingerprint density at radius 2 is 2.25 bits per heavy atom. The summed E-state index contributed by atoms with van der Waals surface area (Å²) in [6.45, 7) is 6.44. The first-order valence-corrected chi connectivity index (χ1v) is 4.77. The fourth-order valence-electron chi connectivity index (χ4n) is 1.77. The van der Waals surface area contributed by atoms with E-state index in [0.29, 0.717) is 18.3 Å². The van der Waals surface area contributed by atoms with Crippen molar-refractivity contribution in [3.63, 3.8) is 0 Å². The number of carbonyl (C=O) groups is 1. The quantitative estimate of drug-likeness (QED) is 0.595. The van der Waals surface area contributed by atoms with E-state index < -0.39 is 0 Å². The SMILES string of the molecule is CC(C)C[C@H]1C[C@H](C)CC(=O)O1. The van der Waals surface area contributed by atoms with Crippen LogP contribution in [0.3, 0.4) is 0 Å². The maximum atomic E-state index is 11.0. The summed E-state index contributed by atoms with van der Waals surface area (Å²) in [6.07, 6.45) is 2.84. The van der Waals surface area contributed by atoms with Crippen LogP contribution in [-0.2, 0) is 9.53 Å². The van der Waals surface area contributed by atoms with Gasteiger partial charge in [-0.25, -0.2) is 0 Å². The van der Waals surface area contributed by atoms with Crippen molar-refractivity contribution in [3.05, 3.63) is 0 Å². The van der Waals surface area contributed by atoms with Gasteiger partial charge in [-0.2, -0.15) is 0 Å². The van der Waals surface area contributed by atoms with Crippen LogP contribution in [0, 0.1) is 11.8 Å². The summed E-state index contributed by atoms with van der Waals surface area (Å²) >= 11 is 0. The summed E-state index contributed by atoms with van der Waals surface area (Å²) in [5.41, 5.74) is 0. The van der Waals surface area contributed by atoms with E-state index >= 15 is 0 Å². The van der Waals surface area contributed by atoms with Crippen molar-refractivity contribution >= 4 is 5.97 Å². The second kappa shape index (κ2) is 3.92. The number of ether oxygens (including phenoxy) is 1. The van der Waals surface area contributed by atoms with E-state index in [1.807, 2.05) is 0 Å². The molecule has 1 saturated heterocycles. The smallest absolute Gasteiger partial charge is 0.306 e. The van der Waals surface area contributed by atoms with Crippen molar-refractivity contribution in [2.45, 2.75) is 46.1 Å². The van der Waals surface area contributed by atoms with Gasteiger partial charge in [-0.1, -0.05) is 20.8 Å². The molecule has 0 aromatic heterocycles. The van der Waals surface area contributed by atoms with Crippen LogP contribution in [0.4, 0.5) is 0 Å². The number of hydrogen-bond acceptors (Lipinski definition) is 2. The first-order valence-electron chi connectivity index (χ1n) is 4.77. The van der Waals surface area contributed by atoms with Gasteiger partial charge in [0.25, 0.3) is 0 Å². The van der Waals surface area contributed by atoms with Gasteiger partial charge in [-0.05, 0) is 24.7 Å². The Balaban J connectivity index is 2.39. The minimum absolute atomic E-state index is 0.0144. The van der Waals surface area contributed by atoms with E-state index in [-0.39, 0.29) is 12.1 Å². The lowest BCUT2D eigenvalue weighted by Crippen LogP contribution is -2.29. The van der Waals surface area contributed by atoms with Gasteiger partial charge in [-0.15, -0.1) is 0 Å². The monoisotopic (exact) mass is 170 g/mol. The van der Waals surface area contributed by atoms with Crippen molar-refractivity contribution in [1.29, 1.82) is 0 Å². The van der Waals surface area contributed by atoms with Crippen molar-refractivity contribution in [3.8, 4) is 0 Å². The highest BCUT2D eigenvalue weighted by Crippen LogP contribution is 2.24. The highest BCUT2D eigenvalue weighted by atomic mass is 16.5. The topological polar surface area (TPSA) is 26.3 Å². The minimum Gasteiger partial charge on any atom is -0.462 e. The highest BCUT2D eigenvalue weighted by Gasteiger charge is 2.25. The van der Waals surface area contributed by atoms with E-state index in [9.17, 15) is 4.79 Å². The molecule has 1 aliphatic heterocycles. The Hall–Kier alpha value is -0.530. The van der Waals surface area contributed by atoms with Crippen molar-refractivity contribution in [1.82, 2.24) is 0 Å². The van der Waals surface area contributed by atoms with Crippen LogP contribution >= 0.6 is 0 Å². The molecule has 1 rings (SSSR count). The molecule has 0 N–H and O–H groups in total. The molecular weight excluding hydrogens is 152 g/mol. The van der Waals surface area contributed by atoms with Gasteiger partial charge in [0.15, 0.2) is 0 Å². The number of cyclic esters (lactones) is 1. The Labute approximate surface area is 74.3 Å². The van der Waals surface area contributed by atoms with Crippen LogP contribution < -0.4 is 0 Å². The van der Waals surface area contributed by atoms with Gasteiger partial charge in [0, 0.05) is 6.42 Å². The summed E-state index contributed by atoms with van der Waals surface area (Å²) in [6, 6.07) is 0. The molecule has 0 bridgehead atoms. The molecule has 1 heterocycles. The van der Waals surface area contributed by atoms with Gasteiger partial charge >= 0.3 is 5.97 Å². The molecule has 0 radical (unpaired) electrons. The first-order chi connectivity index (χ1) is 5.58. The van der Waals surface area contributed by atoms with Crippen LogP contribution in [0.25, 0.3) is 0 Å². The summed E-state index contributed by atoms with van der Waals surface area (Å²) in [5, 5.41) is 0. The number of rotatable bonds is 2. The maximum Gasteiger partial charge on any atom is 0.306 e. The molecule has 2 nitrogen and oxygen atoms in total. The van der Waals surface area contributed by atoms with Gasteiger partial charge in [0.1, 0.15) is 6.10 Å². The predicted molar refractivity (Wildman–Crippen MR) is 47.7 cm³/mol. The summed E-state index contributed by atoms with van der Waals surface area (Å²) in [4.78, 5) is 11.0. The minimum atomic E-state index is -0.0144. The normalized spacial score (nSPS) is 30.5. The third kappa shape index (κ3) is 2.84. The molecule has 0 aromatic carbocycles. The molecule has 0 saturated carbocycles. The van der Waals surface area contributed by atoms with Gasteiger partial charge in [0.2, 0.25) is 0 Å². The standard InChI is InChI=1S/C10H18O2/c1-7(2)4-9-5-8(3)6-10(11)12-9/h7-9H,4-6H2,1-3H3/t8-,9-/m0/s1. The lowest BCUT2D eigenvalue weighted by atomic mass is 9.92. The van der Waals surface area contributed by atoms with Crippen molar-refractivity contribution in [2.24, 2.45) is 11.8 Å². The number of esters is 1. The van der Waals surface area contributed by atoms with Gasteiger partial charge in [0.05, 0.1) is 0 Å². The van der Waals surface area contributed by atoms with Crippen LogP contribution in [0.15, 0.2) is 0 Å². The fourth-order valence-corrected chi connectivity index (χ4v) is 1.77. The molecule has 12 heavy (non-hydrogen) atoms. The van der Waals surface area contributed by atoms with E-state index in [4.69, 9.17) is 4.74 Å². The highest BCUT2D eigenvalue weighted by molar-refractivity contribution is 5.70. The molecule has 0 amide bonds. The Morgan fingerprint density at radius 1 is 1.58 bits per heavy atom.